The number of anilines is 1. The highest BCUT2D eigenvalue weighted by Gasteiger charge is 1.97. The fraction of sp³-hybridized carbons (Fsp3) is 0.200. The summed E-state index contributed by atoms with van der Waals surface area (Å²) >= 11 is 0. The van der Waals surface area contributed by atoms with Crippen molar-refractivity contribution in [2.75, 3.05) is 11.9 Å². The van der Waals surface area contributed by atoms with Gasteiger partial charge in [0.25, 0.3) is 0 Å². The Morgan fingerprint density at radius 2 is 2.38 bits per heavy atom. The van der Waals surface area contributed by atoms with Gasteiger partial charge < -0.3 is 5.32 Å². The number of rotatable bonds is 4. The number of aromatic nitrogens is 4. The molecular formula is C10H10N6. The minimum absolute atomic E-state index is 0.358. The molecule has 2 heterocycles. The Balaban J connectivity index is 1.88. The van der Waals surface area contributed by atoms with E-state index in [1.807, 2.05) is 18.3 Å². The van der Waals surface area contributed by atoms with E-state index in [2.05, 4.69) is 20.4 Å². The molecule has 0 saturated carbocycles. The van der Waals surface area contributed by atoms with Crippen molar-refractivity contribution in [2.45, 2.75) is 6.54 Å². The van der Waals surface area contributed by atoms with Gasteiger partial charge in [0.1, 0.15) is 11.8 Å². The molecule has 1 N–H and O–H groups in total. The minimum Gasteiger partial charge on any atom is -0.352 e. The van der Waals surface area contributed by atoms with Gasteiger partial charge in [-0.25, -0.2) is 9.97 Å². The molecule has 2 rings (SSSR count). The summed E-state index contributed by atoms with van der Waals surface area (Å²) in [6.45, 7) is 1.39. The Labute approximate surface area is 92.6 Å². The van der Waals surface area contributed by atoms with Crippen LogP contribution in [-0.4, -0.2) is 26.3 Å². The third kappa shape index (κ3) is 2.54. The maximum atomic E-state index is 8.66. The smallest absolute Gasteiger partial charge is 0.223 e. The van der Waals surface area contributed by atoms with Crippen molar-refractivity contribution >= 4 is 5.95 Å². The first-order valence-corrected chi connectivity index (χ1v) is 4.83. The SMILES string of the molecule is N#Cc1ccnc(NCCn2cccn2)n1. The lowest BCUT2D eigenvalue weighted by Gasteiger charge is -2.04. The molecule has 6 nitrogen and oxygen atoms in total. The van der Waals surface area contributed by atoms with Crippen molar-refractivity contribution in [3.8, 4) is 6.07 Å². The summed E-state index contributed by atoms with van der Waals surface area (Å²) in [7, 11) is 0. The fourth-order valence-electron chi connectivity index (χ4n) is 1.22. The molecule has 0 unspecified atom stereocenters. The number of nitrogens with zero attached hydrogens (tertiary/aromatic N) is 5. The second-order valence-corrected chi connectivity index (χ2v) is 3.07. The Morgan fingerprint density at radius 1 is 1.44 bits per heavy atom. The molecule has 0 amide bonds. The van der Waals surface area contributed by atoms with Crippen molar-refractivity contribution in [1.29, 1.82) is 5.26 Å². The molecule has 0 aliphatic carbocycles. The van der Waals surface area contributed by atoms with Crippen LogP contribution in [0.2, 0.25) is 0 Å². The fourth-order valence-corrected chi connectivity index (χ4v) is 1.22. The summed E-state index contributed by atoms with van der Waals surface area (Å²) in [5, 5.41) is 15.7. The molecule has 2 aromatic heterocycles. The van der Waals surface area contributed by atoms with Crippen LogP contribution in [0.5, 0.6) is 0 Å². The van der Waals surface area contributed by atoms with Crippen LogP contribution in [0.1, 0.15) is 5.69 Å². The Kier molecular flexibility index (Phi) is 3.09. The Morgan fingerprint density at radius 3 is 3.12 bits per heavy atom. The standard InChI is InChI=1S/C10H10N6/c11-8-9-2-4-12-10(15-9)13-5-7-16-6-1-3-14-16/h1-4,6H,5,7H2,(H,12,13,15). The van der Waals surface area contributed by atoms with Crippen LogP contribution < -0.4 is 5.32 Å². The van der Waals surface area contributed by atoms with Crippen LogP contribution >= 0.6 is 0 Å². The molecule has 0 saturated heterocycles. The molecule has 0 bridgehead atoms. The van der Waals surface area contributed by atoms with Crippen molar-refractivity contribution in [3.63, 3.8) is 0 Å². The third-order valence-electron chi connectivity index (χ3n) is 1.95. The van der Waals surface area contributed by atoms with Crippen molar-refractivity contribution in [2.24, 2.45) is 0 Å². The highest BCUT2D eigenvalue weighted by atomic mass is 15.3. The lowest BCUT2D eigenvalue weighted by atomic mass is 10.4. The summed E-state index contributed by atoms with van der Waals surface area (Å²) in [5.74, 6) is 0.464. The number of hydrogen-bond acceptors (Lipinski definition) is 5. The topological polar surface area (TPSA) is 79.4 Å². The largest absolute Gasteiger partial charge is 0.352 e. The second kappa shape index (κ2) is 4.89. The lowest BCUT2D eigenvalue weighted by molar-refractivity contribution is 0.636. The summed E-state index contributed by atoms with van der Waals surface area (Å²) in [6.07, 6.45) is 5.17. The molecule has 6 heteroatoms. The van der Waals surface area contributed by atoms with Crippen LogP contribution in [0.4, 0.5) is 5.95 Å². The Bertz CT molecular complexity index is 484. The van der Waals surface area contributed by atoms with E-state index in [1.165, 1.54) is 0 Å². The van der Waals surface area contributed by atoms with Gasteiger partial charge in [0.05, 0.1) is 6.54 Å². The van der Waals surface area contributed by atoms with Crippen LogP contribution in [0, 0.1) is 11.3 Å². The van der Waals surface area contributed by atoms with Gasteiger partial charge in [0, 0.05) is 25.1 Å². The molecule has 16 heavy (non-hydrogen) atoms. The van der Waals surface area contributed by atoms with Gasteiger partial charge in [-0.05, 0) is 12.1 Å². The molecule has 0 aliphatic rings. The van der Waals surface area contributed by atoms with Crippen molar-refractivity contribution in [3.05, 3.63) is 36.4 Å². The molecule has 2 aromatic rings. The Hall–Kier alpha value is -2.42. The molecule has 80 valence electrons. The first kappa shape index (κ1) is 10.1. The second-order valence-electron chi connectivity index (χ2n) is 3.07. The van der Waals surface area contributed by atoms with Crippen molar-refractivity contribution in [1.82, 2.24) is 19.7 Å². The third-order valence-corrected chi connectivity index (χ3v) is 1.95. The van der Waals surface area contributed by atoms with Crippen LogP contribution in [0.25, 0.3) is 0 Å². The molecule has 0 atom stereocenters. The molecule has 0 spiro atoms. The first-order chi connectivity index (χ1) is 7.88. The van der Waals surface area contributed by atoms with Crippen LogP contribution in [-0.2, 0) is 6.54 Å². The zero-order valence-electron chi connectivity index (χ0n) is 8.54. The van der Waals surface area contributed by atoms with Crippen LogP contribution in [0.15, 0.2) is 30.7 Å². The van der Waals surface area contributed by atoms with E-state index in [9.17, 15) is 0 Å². The zero-order chi connectivity index (χ0) is 11.2. The molecule has 0 aromatic carbocycles. The molecule has 0 radical (unpaired) electrons. The minimum atomic E-state index is 0.358. The predicted molar refractivity (Wildman–Crippen MR) is 57.5 cm³/mol. The van der Waals surface area contributed by atoms with Gasteiger partial charge in [-0.2, -0.15) is 10.4 Å². The average molecular weight is 214 g/mol. The normalized spacial score (nSPS) is 9.69. The summed E-state index contributed by atoms with van der Waals surface area (Å²) in [4.78, 5) is 8.00. The summed E-state index contributed by atoms with van der Waals surface area (Å²) in [6, 6.07) is 5.40. The maximum Gasteiger partial charge on any atom is 0.223 e. The summed E-state index contributed by atoms with van der Waals surface area (Å²) < 4.78 is 1.81. The van der Waals surface area contributed by atoms with Crippen molar-refractivity contribution < 1.29 is 0 Å². The van der Waals surface area contributed by atoms with E-state index in [-0.39, 0.29) is 0 Å². The average Bonchev–Trinajstić information content (AvgIpc) is 2.82. The quantitative estimate of drug-likeness (QED) is 0.808. The van der Waals surface area contributed by atoms with Gasteiger partial charge in [-0.15, -0.1) is 0 Å². The first-order valence-electron chi connectivity index (χ1n) is 4.83. The molecule has 0 fully saturated rings. The van der Waals surface area contributed by atoms with Gasteiger partial charge >= 0.3 is 0 Å². The maximum absolute atomic E-state index is 8.66. The highest BCUT2D eigenvalue weighted by Crippen LogP contribution is 1.98. The number of hydrogen-bond donors (Lipinski definition) is 1. The highest BCUT2D eigenvalue weighted by molar-refractivity contribution is 5.29. The molecule has 0 aliphatic heterocycles. The van der Waals surface area contributed by atoms with Gasteiger partial charge in [-0.1, -0.05) is 0 Å². The zero-order valence-corrected chi connectivity index (χ0v) is 8.54. The predicted octanol–water partition coefficient (Wildman–Crippen LogP) is 0.657. The van der Waals surface area contributed by atoms with Gasteiger partial charge in [-0.3, -0.25) is 4.68 Å². The van der Waals surface area contributed by atoms with E-state index in [0.29, 0.717) is 18.2 Å². The summed E-state index contributed by atoms with van der Waals surface area (Å²) in [5.41, 5.74) is 0.358. The van der Waals surface area contributed by atoms with Gasteiger partial charge in [0.2, 0.25) is 5.95 Å². The van der Waals surface area contributed by atoms with Gasteiger partial charge in [0.15, 0.2) is 0 Å². The molecular weight excluding hydrogens is 204 g/mol. The lowest BCUT2D eigenvalue weighted by Crippen LogP contribution is -2.12. The van der Waals surface area contributed by atoms with E-state index in [4.69, 9.17) is 5.26 Å². The van der Waals surface area contributed by atoms with Crippen LogP contribution in [0.3, 0.4) is 0 Å². The van der Waals surface area contributed by atoms with E-state index < -0.39 is 0 Å². The van der Waals surface area contributed by atoms with E-state index >= 15 is 0 Å². The monoisotopic (exact) mass is 214 g/mol. The van der Waals surface area contributed by atoms with E-state index in [1.54, 1.807) is 23.1 Å². The number of nitriles is 1. The van der Waals surface area contributed by atoms with E-state index in [0.717, 1.165) is 6.54 Å². The number of nitrogens with one attached hydrogen (secondary N) is 1.